The first-order valence-electron chi connectivity index (χ1n) is 14.6. The lowest BCUT2D eigenvalue weighted by atomic mass is 9.45. The molecule has 11 nitrogen and oxygen atoms in total. The smallest absolute Gasteiger partial charge is 0.303 e. The number of fused-ring (bicyclic) bond motifs is 2. The minimum absolute atomic E-state index is 0.0413. The first-order chi connectivity index (χ1) is 19.3. The quantitative estimate of drug-likeness (QED) is 0.218. The maximum absolute atomic E-state index is 12.7. The van der Waals surface area contributed by atoms with Crippen molar-refractivity contribution in [3.63, 3.8) is 0 Å². The van der Waals surface area contributed by atoms with Gasteiger partial charge in [0, 0.05) is 70.9 Å². The van der Waals surface area contributed by atoms with Crippen molar-refractivity contribution < 1.29 is 45.9 Å². The lowest BCUT2D eigenvalue weighted by Crippen LogP contribution is -2.72. The molecule has 7 bridgehead atoms. The van der Waals surface area contributed by atoms with Gasteiger partial charge in [0.15, 0.2) is 5.60 Å². The van der Waals surface area contributed by atoms with Crippen LogP contribution in [0.3, 0.4) is 0 Å². The fraction of sp³-hybridized carbons (Fsp3) is 0.862. The van der Waals surface area contributed by atoms with E-state index in [0.29, 0.717) is 26.0 Å². The SMILES string of the molecule is CCN1C[C@@]2(COC)[C@H]3[C@@H](OC)[C@@H]4C5=C[C@H](OC)[C@@]6(OC(C)=O)C[C@H]([C@@H]5[C@H]6OS(C)(=O)=O)[C@@]3(CC[C@H]2OC(C)=O)[C@@H]41. The van der Waals surface area contributed by atoms with Crippen molar-refractivity contribution in [2.24, 2.45) is 34.5 Å². The molecule has 0 aromatic rings. The van der Waals surface area contributed by atoms with E-state index in [9.17, 15) is 18.0 Å². The van der Waals surface area contributed by atoms with E-state index in [-0.39, 0.29) is 53.3 Å². The molecular formula is C29H43NO10S. The highest BCUT2D eigenvalue weighted by molar-refractivity contribution is 7.86. The van der Waals surface area contributed by atoms with Crippen molar-refractivity contribution in [3.8, 4) is 0 Å². The van der Waals surface area contributed by atoms with E-state index in [1.807, 2.05) is 0 Å². The van der Waals surface area contributed by atoms with E-state index in [4.69, 9.17) is 27.9 Å². The fourth-order valence-corrected chi connectivity index (χ4v) is 11.7. The predicted octanol–water partition coefficient (Wildman–Crippen LogP) is 1.55. The van der Waals surface area contributed by atoms with Gasteiger partial charge in [-0.05, 0) is 37.1 Å². The average Bonchev–Trinajstić information content (AvgIpc) is 3.21. The highest BCUT2D eigenvalue weighted by Gasteiger charge is 2.84. The molecule has 0 N–H and O–H groups in total. The van der Waals surface area contributed by atoms with Gasteiger partial charge in [0.25, 0.3) is 10.1 Å². The highest BCUT2D eigenvalue weighted by atomic mass is 32.2. The molecule has 230 valence electrons. The van der Waals surface area contributed by atoms with Crippen LogP contribution in [0.15, 0.2) is 11.6 Å². The minimum atomic E-state index is -3.91. The van der Waals surface area contributed by atoms with Gasteiger partial charge in [0.2, 0.25) is 0 Å². The van der Waals surface area contributed by atoms with Gasteiger partial charge < -0.3 is 23.7 Å². The summed E-state index contributed by atoms with van der Waals surface area (Å²) in [6.45, 7) is 6.80. The van der Waals surface area contributed by atoms with Gasteiger partial charge in [0.1, 0.15) is 18.3 Å². The molecular weight excluding hydrogens is 554 g/mol. The molecule has 1 heterocycles. The molecule has 5 fully saturated rings. The standard InChI is InChI=1S/C29H43NO10S/c1-8-30-13-27(14-35-4)19(38-15(2)31)9-10-28-18-12-29(39-16(3)32)20(36-5)11-17(21(18)26(29)40-41(7,33)34)22(25(28)30)23(37-6)24(27)28/h11,18-26H,8-10,12-14H2,1-7H3/t18-,19-,20+,21-,22+,23+,24-,25-,26-,27+,28-,29+/m1/s1. The van der Waals surface area contributed by atoms with E-state index >= 15 is 0 Å². The number of carbonyl (C=O) groups is 2. The third-order valence-corrected chi connectivity index (χ3v) is 12.0. The molecule has 1 aliphatic heterocycles. The van der Waals surface area contributed by atoms with Crippen molar-refractivity contribution in [1.82, 2.24) is 4.90 Å². The Hall–Kier alpha value is -1.57. The monoisotopic (exact) mass is 597 g/mol. The molecule has 41 heavy (non-hydrogen) atoms. The zero-order valence-electron chi connectivity index (χ0n) is 25.0. The van der Waals surface area contributed by atoms with Crippen molar-refractivity contribution >= 4 is 22.1 Å². The van der Waals surface area contributed by atoms with Crippen LogP contribution < -0.4 is 0 Å². The van der Waals surface area contributed by atoms with Gasteiger partial charge >= 0.3 is 11.9 Å². The van der Waals surface area contributed by atoms with E-state index in [2.05, 4.69) is 17.9 Å². The van der Waals surface area contributed by atoms with E-state index in [1.54, 1.807) is 21.3 Å². The van der Waals surface area contributed by atoms with Gasteiger partial charge in [-0.3, -0.25) is 18.7 Å². The number of carbonyl (C=O) groups excluding carboxylic acids is 2. The minimum Gasteiger partial charge on any atom is -0.462 e. The molecule has 5 aliphatic carbocycles. The Morgan fingerprint density at radius 2 is 1.83 bits per heavy atom. The molecule has 0 radical (unpaired) electrons. The number of methoxy groups -OCH3 is 3. The summed E-state index contributed by atoms with van der Waals surface area (Å²) in [4.78, 5) is 27.5. The van der Waals surface area contributed by atoms with Crippen LogP contribution in [0.4, 0.5) is 0 Å². The molecule has 1 saturated heterocycles. The number of piperidine rings is 1. The van der Waals surface area contributed by atoms with Crippen LogP contribution in [0, 0.1) is 34.5 Å². The largest absolute Gasteiger partial charge is 0.462 e. The zero-order valence-corrected chi connectivity index (χ0v) is 25.8. The topological polar surface area (TPSA) is 127 Å². The third-order valence-electron chi connectivity index (χ3n) is 11.5. The number of esters is 2. The van der Waals surface area contributed by atoms with Gasteiger partial charge in [-0.15, -0.1) is 0 Å². The molecule has 0 amide bonds. The van der Waals surface area contributed by atoms with Crippen molar-refractivity contribution in [3.05, 3.63) is 11.6 Å². The molecule has 0 aromatic heterocycles. The van der Waals surface area contributed by atoms with E-state index in [0.717, 1.165) is 24.8 Å². The molecule has 1 spiro atoms. The first-order valence-corrected chi connectivity index (χ1v) is 16.4. The number of ether oxygens (including phenoxy) is 5. The van der Waals surface area contributed by atoms with Crippen LogP contribution in [0.25, 0.3) is 0 Å². The van der Waals surface area contributed by atoms with Gasteiger partial charge in [-0.1, -0.05) is 18.6 Å². The van der Waals surface area contributed by atoms with Crippen molar-refractivity contribution in [2.75, 3.05) is 47.3 Å². The van der Waals surface area contributed by atoms with E-state index in [1.165, 1.54) is 13.8 Å². The summed E-state index contributed by atoms with van der Waals surface area (Å²) in [6, 6.07) is 0.112. The summed E-state index contributed by atoms with van der Waals surface area (Å²) < 4.78 is 61.9. The Labute approximate surface area is 242 Å². The first kappa shape index (κ1) is 29.5. The number of hydrogen-bond donors (Lipinski definition) is 0. The number of nitrogens with zero attached hydrogens (tertiary/aromatic N) is 1. The number of hydrogen-bond acceptors (Lipinski definition) is 11. The molecule has 4 saturated carbocycles. The lowest BCUT2D eigenvalue weighted by Gasteiger charge is -2.67. The molecule has 12 heteroatoms. The summed E-state index contributed by atoms with van der Waals surface area (Å²) >= 11 is 0. The third kappa shape index (κ3) is 3.76. The summed E-state index contributed by atoms with van der Waals surface area (Å²) in [5.74, 6) is -1.33. The Balaban J connectivity index is 1.62. The Morgan fingerprint density at radius 3 is 2.39 bits per heavy atom. The summed E-state index contributed by atoms with van der Waals surface area (Å²) in [5, 5.41) is 0. The molecule has 0 aromatic carbocycles. The van der Waals surface area contributed by atoms with Gasteiger partial charge in [-0.2, -0.15) is 8.42 Å². The van der Waals surface area contributed by atoms with E-state index < -0.39 is 39.3 Å². The predicted molar refractivity (Wildman–Crippen MR) is 145 cm³/mol. The second-order valence-electron chi connectivity index (χ2n) is 13.1. The van der Waals surface area contributed by atoms with Gasteiger partial charge in [0.05, 0.1) is 19.0 Å². The Bertz CT molecular complexity index is 1250. The second kappa shape index (κ2) is 9.72. The summed E-state index contributed by atoms with van der Waals surface area (Å²) in [5.41, 5.74) is -1.13. The summed E-state index contributed by atoms with van der Waals surface area (Å²) in [6.07, 6.45) is 2.72. The summed E-state index contributed by atoms with van der Waals surface area (Å²) in [7, 11) is 1.07. The maximum Gasteiger partial charge on any atom is 0.303 e. The van der Waals surface area contributed by atoms with Crippen molar-refractivity contribution in [2.45, 2.75) is 76.1 Å². The van der Waals surface area contributed by atoms with Gasteiger partial charge in [-0.25, -0.2) is 0 Å². The second-order valence-corrected chi connectivity index (χ2v) is 14.7. The fourth-order valence-electron chi connectivity index (χ4n) is 11.1. The van der Waals surface area contributed by atoms with Crippen LogP contribution in [0.5, 0.6) is 0 Å². The number of rotatable bonds is 9. The highest BCUT2D eigenvalue weighted by Crippen LogP contribution is 2.78. The molecule has 0 unspecified atom stereocenters. The Morgan fingerprint density at radius 1 is 1.10 bits per heavy atom. The average molecular weight is 598 g/mol. The van der Waals surface area contributed by atoms with Crippen molar-refractivity contribution in [1.29, 1.82) is 0 Å². The van der Waals surface area contributed by atoms with Crippen LogP contribution in [-0.4, -0.2) is 109 Å². The molecule has 6 aliphatic rings. The number of likely N-dealkylation sites (tertiary alicyclic amines) is 1. The van der Waals surface area contributed by atoms with Crippen LogP contribution in [0.1, 0.15) is 40.0 Å². The maximum atomic E-state index is 12.7. The normalized spacial score (nSPS) is 47.6. The Kier molecular flexibility index (Phi) is 6.99. The van der Waals surface area contributed by atoms with Crippen LogP contribution >= 0.6 is 0 Å². The lowest BCUT2D eigenvalue weighted by molar-refractivity contribution is -0.239. The molecule has 6 rings (SSSR count). The van der Waals surface area contributed by atoms with Crippen LogP contribution in [-0.2, 0) is 47.6 Å². The zero-order chi connectivity index (χ0) is 29.7. The molecule has 12 atom stereocenters. The van der Waals surface area contributed by atoms with Crippen LogP contribution in [0.2, 0.25) is 0 Å².